The quantitative estimate of drug-likeness (QED) is 0.597. The van der Waals surface area contributed by atoms with Gasteiger partial charge in [-0.25, -0.2) is 4.79 Å². The Labute approximate surface area is 147 Å². The van der Waals surface area contributed by atoms with Crippen molar-refractivity contribution >= 4 is 23.7 Å². The number of ether oxygens (including phenoxy) is 3. The third-order valence-electron chi connectivity index (χ3n) is 2.93. The van der Waals surface area contributed by atoms with Gasteiger partial charge >= 0.3 is 12.1 Å². The van der Waals surface area contributed by atoms with Gasteiger partial charge < -0.3 is 19.5 Å². The van der Waals surface area contributed by atoms with Gasteiger partial charge in [-0.15, -0.1) is 0 Å². The molecule has 1 aromatic rings. The van der Waals surface area contributed by atoms with Gasteiger partial charge in [-0.1, -0.05) is 29.8 Å². The van der Waals surface area contributed by atoms with Crippen LogP contribution >= 0.6 is 11.6 Å². The first-order valence-electron chi connectivity index (χ1n) is 7.61. The highest BCUT2D eigenvalue weighted by atomic mass is 35.5. The number of nitrogens with one attached hydrogen (secondary N) is 1. The van der Waals surface area contributed by atoms with Gasteiger partial charge in [0.05, 0.1) is 32.8 Å². The maximum absolute atomic E-state index is 12.0. The molecule has 0 bridgehead atoms. The normalized spacial score (nSPS) is 12.4. The first kappa shape index (κ1) is 20.3. The van der Waals surface area contributed by atoms with E-state index in [-0.39, 0.29) is 25.6 Å². The molecular weight excluding hydrogens is 334 g/mol. The van der Waals surface area contributed by atoms with Gasteiger partial charge in [-0.05, 0) is 32.4 Å². The lowest BCUT2D eigenvalue weighted by Gasteiger charge is -2.24. The lowest BCUT2D eigenvalue weighted by molar-refractivity contribution is -0.141. The van der Waals surface area contributed by atoms with Gasteiger partial charge in [0.15, 0.2) is 0 Å². The minimum Gasteiger partial charge on any atom is -0.469 e. The van der Waals surface area contributed by atoms with Crippen LogP contribution in [-0.4, -0.2) is 38.0 Å². The number of rotatable bonds is 7. The van der Waals surface area contributed by atoms with E-state index in [9.17, 15) is 9.59 Å². The molecule has 0 fully saturated rings. The summed E-state index contributed by atoms with van der Waals surface area (Å²) in [6.07, 6.45) is -0.429. The molecule has 1 unspecified atom stereocenters. The molecule has 1 atom stereocenters. The third kappa shape index (κ3) is 7.66. The number of amides is 1. The molecule has 1 amide bonds. The summed E-state index contributed by atoms with van der Waals surface area (Å²) in [6, 6.07) is 6.66. The van der Waals surface area contributed by atoms with Gasteiger partial charge in [0.2, 0.25) is 0 Å². The lowest BCUT2D eigenvalue weighted by atomic mass is 10.1. The average Bonchev–Trinajstić information content (AvgIpc) is 2.48. The fourth-order valence-electron chi connectivity index (χ4n) is 1.88. The van der Waals surface area contributed by atoms with Crippen molar-refractivity contribution in [2.75, 3.05) is 20.3 Å². The van der Waals surface area contributed by atoms with Crippen LogP contribution in [0.25, 0.3) is 0 Å². The molecule has 0 aliphatic carbocycles. The van der Waals surface area contributed by atoms with E-state index >= 15 is 0 Å². The van der Waals surface area contributed by atoms with E-state index in [1.165, 1.54) is 7.11 Å². The third-order valence-corrected chi connectivity index (χ3v) is 3.28. The van der Waals surface area contributed by atoms with E-state index in [1.807, 2.05) is 6.07 Å². The second kappa shape index (κ2) is 9.49. The number of methoxy groups -OCH3 is 1. The number of benzene rings is 1. The molecular formula is C17H24ClNO5. The molecule has 0 aromatic heterocycles. The molecule has 0 saturated carbocycles. The summed E-state index contributed by atoms with van der Waals surface area (Å²) in [4.78, 5) is 23.1. The molecule has 7 heteroatoms. The van der Waals surface area contributed by atoms with Crippen molar-refractivity contribution in [2.45, 2.75) is 38.8 Å². The fraction of sp³-hybridized carbons (Fsp3) is 0.529. The van der Waals surface area contributed by atoms with Crippen LogP contribution in [0.3, 0.4) is 0 Å². The maximum Gasteiger partial charge on any atom is 0.408 e. The van der Waals surface area contributed by atoms with Crippen LogP contribution in [-0.2, 0) is 19.0 Å². The Morgan fingerprint density at radius 1 is 1.25 bits per heavy atom. The molecule has 0 radical (unpaired) electrons. The monoisotopic (exact) mass is 357 g/mol. The van der Waals surface area contributed by atoms with Gasteiger partial charge in [-0.2, -0.15) is 0 Å². The number of carbonyl (C=O) groups excluding carboxylic acids is 2. The average molecular weight is 358 g/mol. The Bertz CT molecular complexity index is 556. The fourth-order valence-corrected chi connectivity index (χ4v) is 2.14. The van der Waals surface area contributed by atoms with Crippen molar-refractivity contribution in [2.24, 2.45) is 0 Å². The number of esters is 1. The summed E-state index contributed by atoms with van der Waals surface area (Å²) in [7, 11) is 1.32. The highest BCUT2D eigenvalue weighted by Crippen LogP contribution is 2.23. The van der Waals surface area contributed by atoms with Gasteiger partial charge in [0, 0.05) is 5.02 Å². The number of halogens is 1. The SMILES string of the molecule is COC(=O)CCOCC(NC(=O)OC(C)(C)C)c1ccccc1Cl. The van der Waals surface area contributed by atoms with E-state index in [1.54, 1.807) is 39.0 Å². The predicted octanol–water partition coefficient (Wildman–Crippen LogP) is 3.49. The van der Waals surface area contributed by atoms with Crippen LogP contribution in [0.2, 0.25) is 5.02 Å². The largest absolute Gasteiger partial charge is 0.469 e. The smallest absolute Gasteiger partial charge is 0.408 e. The summed E-state index contributed by atoms with van der Waals surface area (Å²) in [5.74, 6) is -0.357. The molecule has 134 valence electrons. The van der Waals surface area contributed by atoms with Crippen molar-refractivity contribution in [3.63, 3.8) is 0 Å². The van der Waals surface area contributed by atoms with Crippen molar-refractivity contribution in [3.8, 4) is 0 Å². The van der Waals surface area contributed by atoms with Crippen LogP contribution < -0.4 is 5.32 Å². The molecule has 0 aliphatic rings. The van der Waals surface area contributed by atoms with Crippen molar-refractivity contribution < 1.29 is 23.8 Å². The minimum atomic E-state index is -0.610. The van der Waals surface area contributed by atoms with Crippen LogP contribution in [0.4, 0.5) is 4.79 Å². The Morgan fingerprint density at radius 2 is 1.92 bits per heavy atom. The highest BCUT2D eigenvalue weighted by Gasteiger charge is 2.22. The van der Waals surface area contributed by atoms with Crippen LogP contribution in [0, 0.1) is 0 Å². The highest BCUT2D eigenvalue weighted by molar-refractivity contribution is 6.31. The van der Waals surface area contributed by atoms with Crippen molar-refractivity contribution in [1.82, 2.24) is 5.32 Å². The van der Waals surface area contributed by atoms with Gasteiger partial charge in [-0.3, -0.25) is 4.79 Å². The molecule has 0 heterocycles. The molecule has 0 saturated heterocycles. The van der Waals surface area contributed by atoms with Crippen LogP contribution in [0.5, 0.6) is 0 Å². The zero-order valence-electron chi connectivity index (χ0n) is 14.4. The predicted molar refractivity (Wildman–Crippen MR) is 91.0 cm³/mol. The molecule has 1 aromatic carbocycles. The summed E-state index contributed by atoms with van der Waals surface area (Å²) in [6.45, 7) is 5.68. The summed E-state index contributed by atoms with van der Waals surface area (Å²) >= 11 is 6.20. The summed E-state index contributed by atoms with van der Waals surface area (Å²) < 4.78 is 15.3. The molecule has 0 aliphatic heterocycles. The summed E-state index contributed by atoms with van der Waals surface area (Å²) in [5.41, 5.74) is 0.101. The Kier molecular flexibility index (Phi) is 8.01. The molecule has 0 spiro atoms. The van der Waals surface area contributed by atoms with E-state index in [4.69, 9.17) is 21.1 Å². The minimum absolute atomic E-state index is 0.137. The maximum atomic E-state index is 12.0. The zero-order valence-corrected chi connectivity index (χ0v) is 15.2. The number of carbonyl (C=O) groups is 2. The molecule has 1 rings (SSSR count). The van der Waals surface area contributed by atoms with Gasteiger partial charge in [0.25, 0.3) is 0 Å². The Balaban J connectivity index is 2.71. The molecule has 1 N–H and O–H groups in total. The first-order valence-corrected chi connectivity index (χ1v) is 7.99. The van der Waals surface area contributed by atoms with E-state index < -0.39 is 17.7 Å². The standard InChI is InChI=1S/C17H24ClNO5/c1-17(2,3)24-16(21)19-14(11-23-10-9-15(20)22-4)12-7-5-6-8-13(12)18/h5-8,14H,9-11H2,1-4H3,(H,19,21). The second-order valence-electron chi connectivity index (χ2n) is 6.12. The number of hydrogen-bond donors (Lipinski definition) is 1. The van der Waals surface area contributed by atoms with Gasteiger partial charge in [0.1, 0.15) is 5.60 Å². The van der Waals surface area contributed by atoms with Crippen molar-refractivity contribution in [3.05, 3.63) is 34.9 Å². The topological polar surface area (TPSA) is 73.9 Å². The summed E-state index contributed by atoms with van der Waals surface area (Å²) in [5, 5.41) is 3.26. The first-order chi connectivity index (χ1) is 11.2. The van der Waals surface area contributed by atoms with E-state index in [2.05, 4.69) is 10.1 Å². The van der Waals surface area contributed by atoms with E-state index in [0.717, 1.165) is 0 Å². The molecule has 24 heavy (non-hydrogen) atoms. The second-order valence-corrected chi connectivity index (χ2v) is 6.53. The molecule has 6 nitrogen and oxygen atoms in total. The lowest BCUT2D eigenvalue weighted by Crippen LogP contribution is -2.37. The Hall–Kier alpha value is -1.79. The van der Waals surface area contributed by atoms with Crippen LogP contribution in [0.15, 0.2) is 24.3 Å². The zero-order chi connectivity index (χ0) is 18.2. The number of hydrogen-bond acceptors (Lipinski definition) is 5. The Morgan fingerprint density at radius 3 is 2.50 bits per heavy atom. The number of alkyl carbamates (subject to hydrolysis) is 1. The van der Waals surface area contributed by atoms with Crippen molar-refractivity contribution in [1.29, 1.82) is 0 Å². The van der Waals surface area contributed by atoms with E-state index in [0.29, 0.717) is 10.6 Å². The van der Waals surface area contributed by atoms with Crippen LogP contribution in [0.1, 0.15) is 38.8 Å².